The zero-order chi connectivity index (χ0) is 18.8. The molecule has 1 aromatic carbocycles. The Labute approximate surface area is 158 Å². The van der Waals surface area contributed by atoms with Crippen molar-refractivity contribution in [3.63, 3.8) is 0 Å². The molecular weight excluding hydrogens is 357 g/mol. The van der Waals surface area contributed by atoms with Crippen LogP contribution >= 0.6 is 11.6 Å². The third kappa shape index (κ3) is 4.11. The summed E-state index contributed by atoms with van der Waals surface area (Å²) in [6.45, 7) is 1.37. The van der Waals surface area contributed by atoms with E-state index >= 15 is 0 Å². The van der Waals surface area contributed by atoms with Crippen molar-refractivity contribution in [2.75, 3.05) is 27.2 Å². The Morgan fingerprint density at radius 3 is 2.38 bits per heavy atom. The normalized spacial score (nSPS) is 17.9. The number of hydrogen-bond acceptors (Lipinski definition) is 2. The number of likely N-dealkylation sites (tertiary alicyclic amines) is 1. The molecule has 2 aliphatic rings. The highest BCUT2D eigenvalue weighted by Crippen LogP contribution is 2.33. The van der Waals surface area contributed by atoms with Gasteiger partial charge in [-0.05, 0) is 37.8 Å². The number of urea groups is 1. The molecule has 0 radical (unpaired) electrons. The van der Waals surface area contributed by atoms with E-state index in [2.05, 4.69) is 0 Å². The van der Waals surface area contributed by atoms with Gasteiger partial charge < -0.3 is 14.7 Å². The van der Waals surface area contributed by atoms with Gasteiger partial charge in [-0.25, -0.2) is 9.18 Å². The molecule has 1 heterocycles. The minimum atomic E-state index is -0.373. The molecule has 1 saturated carbocycles. The number of nitrogens with zero attached hydrogens (tertiary/aromatic N) is 3. The first-order valence-electron chi connectivity index (χ1n) is 9.08. The van der Waals surface area contributed by atoms with Crippen LogP contribution < -0.4 is 0 Å². The van der Waals surface area contributed by atoms with Crippen LogP contribution in [0.3, 0.4) is 0 Å². The van der Waals surface area contributed by atoms with Gasteiger partial charge in [-0.15, -0.1) is 0 Å². The van der Waals surface area contributed by atoms with E-state index in [-0.39, 0.29) is 36.3 Å². The highest BCUT2D eigenvalue weighted by atomic mass is 35.5. The van der Waals surface area contributed by atoms with Crippen LogP contribution in [0.5, 0.6) is 0 Å². The van der Waals surface area contributed by atoms with Crippen LogP contribution in [0.2, 0.25) is 5.02 Å². The third-order valence-corrected chi connectivity index (χ3v) is 5.51. The van der Waals surface area contributed by atoms with E-state index in [0.717, 1.165) is 12.8 Å². The fraction of sp³-hybridized carbons (Fsp3) is 0.579. The highest BCUT2D eigenvalue weighted by Gasteiger charge is 2.38. The lowest BCUT2D eigenvalue weighted by atomic mass is 9.95. The predicted octanol–water partition coefficient (Wildman–Crippen LogP) is 3.36. The Morgan fingerprint density at radius 1 is 1.19 bits per heavy atom. The summed E-state index contributed by atoms with van der Waals surface area (Å²) in [6, 6.07) is 4.76. The average Bonchev–Trinajstić information content (AvgIpc) is 3.45. The van der Waals surface area contributed by atoms with Crippen LogP contribution in [-0.4, -0.2) is 59.9 Å². The molecule has 0 aromatic heterocycles. The first kappa shape index (κ1) is 19.0. The van der Waals surface area contributed by atoms with Gasteiger partial charge in [-0.2, -0.15) is 0 Å². The van der Waals surface area contributed by atoms with Crippen molar-refractivity contribution in [1.29, 1.82) is 0 Å². The molecule has 0 spiro atoms. The molecule has 1 aliphatic heterocycles. The molecule has 1 aromatic rings. The van der Waals surface area contributed by atoms with Gasteiger partial charge in [0, 0.05) is 49.7 Å². The second-order valence-electron chi connectivity index (χ2n) is 7.34. The molecular formula is C19H25ClFN3O2. The first-order valence-corrected chi connectivity index (χ1v) is 9.46. The number of halogens is 2. The van der Waals surface area contributed by atoms with Crippen LogP contribution in [-0.2, 0) is 11.3 Å². The van der Waals surface area contributed by atoms with Gasteiger partial charge in [0.25, 0.3) is 0 Å². The smallest absolute Gasteiger partial charge is 0.319 e. The zero-order valence-electron chi connectivity index (χ0n) is 15.3. The average molecular weight is 382 g/mol. The van der Waals surface area contributed by atoms with E-state index in [1.807, 2.05) is 0 Å². The van der Waals surface area contributed by atoms with Gasteiger partial charge in [0.2, 0.25) is 5.91 Å². The maximum atomic E-state index is 14.1. The van der Waals surface area contributed by atoms with E-state index in [1.165, 1.54) is 6.07 Å². The van der Waals surface area contributed by atoms with Gasteiger partial charge in [0.1, 0.15) is 5.82 Å². The van der Waals surface area contributed by atoms with Crippen LogP contribution in [0, 0.1) is 11.7 Å². The first-order chi connectivity index (χ1) is 12.4. The quantitative estimate of drug-likeness (QED) is 0.802. The lowest BCUT2D eigenvalue weighted by molar-refractivity contribution is -0.138. The summed E-state index contributed by atoms with van der Waals surface area (Å²) >= 11 is 6.15. The van der Waals surface area contributed by atoms with Crippen molar-refractivity contribution < 1.29 is 14.0 Å². The Morgan fingerprint density at radius 2 is 1.85 bits per heavy atom. The SMILES string of the molecule is CN(C)C(=O)N1CCC(C(=O)N(Cc2c(F)cccc2Cl)C2CC2)CC1. The summed E-state index contributed by atoms with van der Waals surface area (Å²) in [5, 5.41) is 0.356. The van der Waals surface area contributed by atoms with Crippen molar-refractivity contribution in [3.05, 3.63) is 34.6 Å². The summed E-state index contributed by atoms with van der Waals surface area (Å²) in [4.78, 5) is 30.2. The van der Waals surface area contributed by atoms with Crippen molar-refractivity contribution in [3.8, 4) is 0 Å². The molecule has 1 saturated heterocycles. The summed E-state index contributed by atoms with van der Waals surface area (Å²) in [7, 11) is 3.46. The molecule has 0 atom stereocenters. The number of carbonyl (C=O) groups excluding carboxylic acids is 2. The Bertz CT molecular complexity index is 665. The number of benzene rings is 1. The topological polar surface area (TPSA) is 43.9 Å². The van der Waals surface area contributed by atoms with Crippen molar-refractivity contribution in [2.45, 2.75) is 38.3 Å². The van der Waals surface area contributed by atoms with E-state index in [4.69, 9.17) is 11.6 Å². The lowest BCUT2D eigenvalue weighted by Crippen LogP contribution is -2.47. The monoisotopic (exact) mass is 381 g/mol. The van der Waals surface area contributed by atoms with Crippen LogP contribution in [0.4, 0.5) is 9.18 Å². The van der Waals surface area contributed by atoms with Gasteiger partial charge in [0.15, 0.2) is 0 Å². The van der Waals surface area contributed by atoms with Gasteiger partial charge >= 0.3 is 6.03 Å². The van der Waals surface area contributed by atoms with Crippen LogP contribution in [0.1, 0.15) is 31.2 Å². The predicted molar refractivity (Wildman–Crippen MR) is 98.4 cm³/mol. The van der Waals surface area contributed by atoms with Gasteiger partial charge in [-0.3, -0.25) is 4.79 Å². The van der Waals surface area contributed by atoms with Crippen LogP contribution in [0.25, 0.3) is 0 Å². The second kappa shape index (κ2) is 7.82. The van der Waals surface area contributed by atoms with Crippen molar-refractivity contribution in [2.24, 2.45) is 5.92 Å². The molecule has 3 amide bonds. The number of piperidine rings is 1. The standard InChI is InChI=1S/C19H25ClFN3O2/c1-22(2)19(26)23-10-8-13(9-11-23)18(25)24(14-6-7-14)12-15-16(20)4-3-5-17(15)21/h3-5,13-14H,6-12H2,1-2H3. The zero-order valence-corrected chi connectivity index (χ0v) is 16.0. The minimum absolute atomic E-state index is 0.0203. The summed E-state index contributed by atoms with van der Waals surface area (Å²) in [5.74, 6) is -0.432. The fourth-order valence-electron chi connectivity index (χ4n) is 3.46. The lowest BCUT2D eigenvalue weighted by Gasteiger charge is -2.35. The van der Waals surface area contributed by atoms with E-state index in [0.29, 0.717) is 36.5 Å². The molecule has 0 N–H and O–H groups in total. The van der Waals surface area contributed by atoms with E-state index in [9.17, 15) is 14.0 Å². The summed E-state index contributed by atoms with van der Waals surface area (Å²) < 4.78 is 14.1. The highest BCUT2D eigenvalue weighted by molar-refractivity contribution is 6.31. The second-order valence-corrected chi connectivity index (χ2v) is 7.74. The largest absolute Gasteiger partial charge is 0.335 e. The molecule has 2 fully saturated rings. The number of hydrogen-bond donors (Lipinski definition) is 0. The molecule has 3 rings (SSSR count). The molecule has 0 bridgehead atoms. The molecule has 142 valence electrons. The minimum Gasteiger partial charge on any atom is -0.335 e. The third-order valence-electron chi connectivity index (χ3n) is 5.16. The maximum absolute atomic E-state index is 14.1. The fourth-order valence-corrected chi connectivity index (χ4v) is 3.68. The van der Waals surface area contributed by atoms with Crippen LogP contribution in [0.15, 0.2) is 18.2 Å². The molecule has 7 heteroatoms. The number of carbonyl (C=O) groups is 2. The molecule has 0 unspecified atom stereocenters. The molecule has 26 heavy (non-hydrogen) atoms. The summed E-state index contributed by atoms with van der Waals surface area (Å²) in [6.07, 6.45) is 3.20. The Hall–Kier alpha value is -1.82. The van der Waals surface area contributed by atoms with Crippen molar-refractivity contribution >= 4 is 23.5 Å². The summed E-state index contributed by atoms with van der Waals surface area (Å²) in [5.41, 5.74) is 0.384. The Kier molecular flexibility index (Phi) is 5.70. The van der Waals surface area contributed by atoms with E-state index < -0.39 is 0 Å². The van der Waals surface area contributed by atoms with E-state index in [1.54, 1.807) is 40.9 Å². The molecule has 1 aliphatic carbocycles. The van der Waals surface area contributed by atoms with Gasteiger partial charge in [-0.1, -0.05) is 17.7 Å². The number of amides is 3. The van der Waals surface area contributed by atoms with Crippen molar-refractivity contribution in [1.82, 2.24) is 14.7 Å². The molecule has 5 nitrogen and oxygen atoms in total. The Balaban J connectivity index is 1.66. The van der Waals surface area contributed by atoms with Gasteiger partial charge in [0.05, 0.1) is 6.54 Å². The number of rotatable bonds is 4. The maximum Gasteiger partial charge on any atom is 0.319 e.